The molecule has 304 valence electrons. The van der Waals surface area contributed by atoms with Gasteiger partial charge in [0.2, 0.25) is 17.7 Å². The van der Waals surface area contributed by atoms with Crippen LogP contribution in [-0.2, 0) is 31.2 Å². The fourth-order valence-corrected chi connectivity index (χ4v) is 7.49. The molecule has 58 heavy (non-hydrogen) atoms. The molecule has 8 heterocycles. The summed E-state index contributed by atoms with van der Waals surface area (Å²) in [5.41, 5.74) is 3.53. The number of imidazole rings is 4. The van der Waals surface area contributed by atoms with Gasteiger partial charge in [-0.05, 0) is 44.7 Å². The molecule has 3 aliphatic heterocycles. The molecule has 5 aromatic rings. The van der Waals surface area contributed by atoms with Crippen LogP contribution in [0.25, 0.3) is 22.7 Å². The molecular weight excluding hydrogens is 749 g/mol. The van der Waals surface area contributed by atoms with Gasteiger partial charge >= 0.3 is 0 Å². The molecule has 5 aromatic heterocycles. The summed E-state index contributed by atoms with van der Waals surface area (Å²) < 4.78 is 9.70. The molecule has 2 fully saturated rings. The van der Waals surface area contributed by atoms with Gasteiger partial charge in [-0.3, -0.25) is 4.57 Å². The number of anilines is 4. The van der Waals surface area contributed by atoms with E-state index in [2.05, 4.69) is 76.5 Å². The van der Waals surface area contributed by atoms with Crippen molar-refractivity contribution >= 4 is 34.7 Å². The number of hydrogen-bond acceptors (Lipinski definition) is 18. The minimum Gasteiger partial charge on any atom is -0.387 e. The van der Waals surface area contributed by atoms with Gasteiger partial charge in [-0.15, -0.1) is 10.2 Å². The summed E-state index contributed by atoms with van der Waals surface area (Å²) in [6.07, 6.45) is 8.93. The second-order valence-corrected chi connectivity index (χ2v) is 14.7. The highest BCUT2D eigenvalue weighted by atomic mass is 16.6. The number of nitrogens with one attached hydrogen (secondary N) is 6. The van der Waals surface area contributed by atoms with Crippen LogP contribution >= 0.6 is 0 Å². The predicted molar refractivity (Wildman–Crippen MR) is 209 cm³/mol. The fourth-order valence-electron chi connectivity index (χ4n) is 7.49. The summed E-state index contributed by atoms with van der Waals surface area (Å²) in [5, 5.41) is 48.6. The van der Waals surface area contributed by atoms with Crippen molar-refractivity contribution in [2.75, 3.05) is 34.4 Å². The summed E-state index contributed by atoms with van der Waals surface area (Å²) in [6.45, 7) is 5.49. The molecule has 9 rings (SSSR count). The Labute approximate surface area is 331 Å². The zero-order valence-electron chi connectivity index (χ0n) is 32.3. The number of nitrogens with zero attached hydrogens (tertiary/aromatic N) is 14. The van der Waals surface area contributed by atoms with Gasteiger partial charge < -0.3 is 50.8 Å². The molecule has 4 atom stereocenters. The van der Waals surface area contributed by atoms with Crippen molar-refractivity contribution in [1.29, 1.82) is 0 Å². The Bertz CT molecular complexity index is 2430. The van der Waals surface area contributed by atoms with E-state index in [1.807, 2.05) is 37.9 Å². The van der Waals surface area contributed by atoms with Crippen LogP contribution in [0.15, 0.2) is 31.4 Å². The van der Waals surface area contributed by atoms with Crippen LogP contribution in [0.2, 0.25) is 0 Å². The van der Waals surface area contributed by atoms with Gasteiger partial charge in [0.15, 0.2) is 35.1 Å². The zero-order chi connectivity index (χ0) is 39.8. The van der Waals surface area contributed by atoms with Crippen molar-refractivity contribution in [2.45, 2.75) is 95.5 Å². The normalized spacial score (nSPS) is 22.2. The highest BCUT2D eigenvalue weighted by Crippen LogP contribution is 2.39. The summed E-state index contributed by atoms with van der Waals surface area (Å²) in [7, 11) is 1.93. The Morgan fingerprint density at radius 3 is 2.47 bits per heavy atom. The minimum atomic E-state index is -1.32. The van der Waals surface area contributed by atoms with Gasteiger partial charge in [0.1, 0.15) is 35.9 Å². The van der Waals surface area contributed by atoms with Crippen LogP contribution in [0.4, 0.5) is 23.5 Å². The van der Waals surface area contributed by atoms with Gasteiger partial charge in [0.25, 0.3) is 0 Å². The Morgan fingerprint density at radius 2 is 1.71 bits per heavy atom. The fraction of sp³-hybridized carbons (Fsp3) is 0.514. The highest BCUT2D eigenvalue weighted by molar-refractivity contribution is 5.84. The summed E-state index contributed by atoms with van der Waals surface area (Å²) >= 11 is 0. The van der Waals surface area contributed by atoms with Crippen LogP contribution < -0.4 is 21.3 Å². The zero-order valence-corrected chi connectivity index (χ0v) is 32.3. The Hall–Kier alpha value is -6.33. The number of rotatable bonds is 15. The lowest BCUT2D eigenvalue weighted by molar-refractivity contribution is -0.0384. The van der Waals surface area contributed by atoms with E-state index < -0.39 is 24.5 Å². The number of fused-ring (bicyclic) bond motifs is 2. The quantitative estimate of drug-likeness (QED) is 0.0727. The van der Waals surface area contributed by atoms with Crippen molar-refractivity contribution in [3.05, 3.63) is 54.4 Å². The third-order valence-electron chi connectivity index (χ3n) is 10.5. The minimum absolute atomic E-state index is 0.0949. The Kier molecular flexibility index (Phi) is 10.2. The van der Waals surface area contributed by atoms with Crippen molar-refractivity contribution in [3.8, 4) is 11.5 Å². The number of aryl methyl sites for hydroxylation is 3. The van der Waals surface area contributed by atoms with Crippen LogP contribution in [0.3, 0.4) is 0 Å². The number of aliphatic hydroxyl groups is 2. The molecule has 1 aliphatic carbocycles. The molecule has 4 aliphatic rings. The lowest BCUT2D eigenvalue weighted by atomic mass is 9.91. The highest BCUT2D eigenvalue weighted by Gasteiger charge is 2.47. The van der Waals surface area contributed by atoms with E-state index in [0.717, 1.165) is 55.1 Å². The summed E-state index contributed by atoms with van der Waals surface area (Å²) in [6, 6.07) is 0.274. The molecule has 0 unspecified atom stereocenters. The number of aliphatic hydroxyl groups excluding tert-OH is 2. The smallest absolute Gasteiger partial charge is 0.226 e. The van der Waals surface area contributed by atoms with E-state index in [0.29, 0.717) is 66.5 Å². The van der Waals surface area contributed by atoms with Gasteiger partial charge in [-0.1, -0.05) is 0 Å². The van der Waals surface area contributed by atoms with E-state index in [9.17, 15) is 10.2 Å². The molecule has 0 spiro atoms. The molecule has 1 saturated heterocycles. The topological polar surface area (TPSA) is 286 Å². The van der Waals surface area contributed by atoms with Crippen molar-refractivity contribution in [3.63, 3.8) is 0 Å². The van der Waals surface area contributed by atoms with Crippen molar-refractivity contribution in [2.24, 2.45) is 7.05 Å². The first kappa shape index (κ1) is 37.3. The van der Waals surface area contributed by atoms with E-state index in [1.165, 1.54) is 11.1 Å². The lowest BCUT2D eigenvalue weighted by Crippen LogP contribution is -2.33. The first-order chi connectivity index (χ1) is 28.3. The molecule has 8 N–H and O–H groups in total. The van der Waals surface area contributed by atoms with E-state index in [-0.39, 0.29) is 17.9 Å². The van der Waals surface area contributed by atoms with Crippen LogP contribution in [0.5, 0.6) is 0 Å². The third kappa shape index (κ3) is 7.69. The average molecular weight is 795 g/mol. The average Bonchev–Trinajstić information content (AvgIpc) is 4.09. The number of tetrazole rings is 1. The van der Waals surface area contributed by atoms with Gasteiger partial charge in [-0.25, -0.2) is 24.9 Å². The molecular formula is C35H46N20O3. The van der Waals surface area contributed by atoms with Crippen molar-refractivity contribution in [1.82, 2.24) is 79.2 Å². The first-order valence-electron chi connectivity index (χ1n) is 19.5. The largest absolute Gasteiger partial charge is 0.387 e. The summed E-state index contributed by atoms with van der Waals surface area (Å²) in [5.74, 6) is 3.94. The monoisotopic (exact) mass is 794 g/mol. The Morgan fingerprint density at radius 1 is 0.897 bits per heavy atom. The van der Waals surface area contributed by atoms with E-state index in [4.69, 9.17) is 14.7 Å². The molecule has 23 nitrogen and oxygen atoms in total. The van der Waals surface area contributed by atoms with Gasteiger partial charge in [0, 0.05) is 57.5 Å². The first-order valence-corrected chi connectivity index (χ1v) is 19.5. The maximum absolute atomic E-state index is 11.2. The number of aromatic nitrogens is 16. The van der Waals surface area contributed by atoms with E-state index >= 15 is 0 Å². The van der Waals surface area contributed by atoms with Crippen LogP contribution in [0.1, 0.15) is 68.0 Å². The molecule has 0 amide bonds. The lowest BCUT2D eigenvalue weighted by Gasteiger charge is -2.31. The molecule has 1 saturated carbocycles. The molecule has 0 aromatic carbocycles. The Balaban J connectivity index is 0.899. The number of hydrogen-bond donors (Lipinski definition) is 8. The SMILES string of the molecule is CCn1nnc([C@H]2O[C@@H](n3cnc4c(NC5CCC(Nc6[nH]c(NCCc7c[nH]c(C)n7)nc7ncnc6-7)CC5)nc(NCCc5cn(C)cn5)nc43)[C@H](O)[C@@H]2O)n1. The van der Waals surface area contributed by atoms with Gasteiger partial charge in [0.05, 0.1) is 30.6 Å². The molecule has 0 radical (unpaired) electrons. The standard InChI is InChI=1S/C35H46N20O3/c1-4-55-51-31(50-52-55)27-25(56)26(57)33(58-27)54-17-42-24-30(48-35(49-32(24)54)37-12-10-22-14-53(3)16-41-22)45-20-7-5-19(6-8-20)44-29-23-28(40-15-39-23)46-34(47-29)36-11-9-21-13-38-18(2)43-21/h13-17,19-20,25-27,33,56-57H,4-12H2,1-3H3,(H,38,43)(H2,37,45,48,49)(H3,36,39,40,44,46,47)/t19?,20?,25-,26+,27-,33+/m0/s1. The molecule has 23 heteroatoms. The number of H-pyrrole nitrogens is 2. The number of ether oxygens (including phenoxy) is 1. The maximum atomic E-state index is 11.2. The second-order valence-electron chi connectivity index (χ2n) is 14.7. The van der Waals surface area contributed by atoms with Gasteiger partial charge in [-0.2, -0.15) is 19.7 Å². The van der Waals surface area contributed by atoms with Crippen LogP contribution in [-0.4, -0.2) is 127 Å². The van der Waals surface area contributed by atoms with Crippen LogP contribution in [0, 0.1) is 6.92 Å². The van der Waals surface area contributed by atoms with E-state index in [1.54, 1.807) is 17.2 Å². The third-order valence-corrected chi connectivity index (χ3v) is 10.5. The molecule has 0 bridgehead atoms. The maximum Gasteiger partial charge on any atom is 0.226 e. The van der Waals surface area contributed by atoms with Crippen molar-refractivity contribution < 1.29 is 14.9 Å². The predicted octanol–water partition coefficient (Wildman–Crippen LogP) is 1.35. The second kappa shape index (κ2) is 15.9. The number of aromatic amines is 2. The summed E-state index contributed by atoms with van der Waals surface area (Å²) in [4.78, 5) is 44.6.